The van der Waals surface area contributed by atoms with Crippen molar-refractivity contribution >= 4 is 11.8 Å². The molecular weight excluding hydrogens is 266 g/mol. The van der Waals surface area contributed by atoms with Crippen molar-refractivity contribution in [3.63, 3.8) is 0 Å². The molecule has 0 aliphatic carbocycles. The quantitative estimate of drug-likeness (QED) is 0.901. The largest absolute Gasteiger partial charge is 0.478 e. The van der Waals surface area contributed by atoms with Crippen LogP contribution in [0.1, 0.15) is 28.9 Å². The maximum absolute atomic E-state index is 13.1. The molecule has 20 heavy (non-hydrogen) atoms. The number of carboxylic acids is 1. The molecule has 0 spiro atoms. The van der Waals surface area contributed by atoms with Gasteiger partial charge in [-0.3, -0.25) is 0 Å². The zero-order valence-electron chi connectivity index (χ0n) is 10.6. The summed E-state index contributed by atoms with van der Waals surface area (Å²) in [7, 11) is 0. The Morgan fingerprint density at radius 3 is 2.70 bits per heavy atom. The molecule has 0 amide bonds. The van der Waals surface area contributed by atoms with Crippen LogP contribution in [-0.2, 0) is 0 Å². The highest BCUT2D eigenvalue weighted by Gasteiger charge is 2.15. The number of hydrogen-bond donors (Lipinski definition) is 2. The number of rotatable bonds is 4. The first kappa shape index (κ1) is 13.9. The van der Waals surface area contributed by atoms with Gasteiger partial charge in [0.1, 0.15) is 23.0 Å². The van der Waals surface area contributed by atoms with Crippen LogP contribution in [0.4, 0.5) is 14.6 Å². The zero-order valence-corrected chi connectivity index (χ0v) is 10.6. The lowest BCUT2D eigenvalue weighted by Crippen LogP contribution is -2.12. The fourth-order valence-electron chi connectivity index (χ4n) is 1.78. The average Bonchev–Trinajstić information content (AvgIpc) is 2.40. The van der Waals surface area contributed by atoms with E-state index in [0.29, 0.717) is 5.56 Å². The Balaban J connectivity index is 2.28. The summed E-state index contributed by atoms with van der Waals surface area (Å²) in [5, 5.41) is 11.8. The molecular formula is C14H12F2N2O2. The van der Waals surface area contributed by atoms with Gasteiger partial charge in [0.2, 0.25) is 0 Å². The maximum atomic E-state index is 13.1. The van der Waals surface area contributed by atoms with Gasteiger partial charge in [-0.25, -0.2) is 18.6 Å². The van der Waals surface area contributed by atoms with Crippen molar-refractivity contribution in [3.8, 4) is 0 Å². The molecule has 2 N–H and O–H groups in total. The Morgan fingerprint density at radius 1 is 1.30 bits per heavy atom. The van der Waals surface area contributed by atoms with Crippen LogP contribution < -0.4 is 5.32 Å². The summed E-state index contributed by atoms with van der Waals surface area (Å²) >= 11 is 0. The first-order valence-corrected chi connectivity index (χ1v) is 5.88. The fourth-order valence-corrected chi connectivity index (χ4v) is 1.78. The van der Waals surface area contributed by atoms with Gasteiger partial charge in [-0.1, -0.05) is 12.1 Å². The highest BCUT2D eigenvalue weighted by molar-refractivity contribution is 5.93. The van der Waals surface area contributed by atoms with Gasteiger partial charge in [0.25, 0.3) is 0 Å². The molecule has 0 saturated heterocycles. The molecule has 0 bridgehead atoms. The van der Waals surface area contributed by atoms with Crippen LogP contribution in [0.2, 0.25) is 0 Å². The van der Waals surface area contributed by atoms with Crippen LogP contribution in [0, 0.1) is 11.6 Å². The third-order valence-corrected chi connectivity index (χ3v) is 2.79. The number of anilines is 1. The van der Waals surface area contributed by atoms with Crippen molar-refractivity contribution < 1.29 is 18.7 Å². The summed E-state index contributed by atoms with van der Waals surface area (Å²) in [6.07, 6.45) is 0.924. The Hall–Kier alpha value is -2.50. The summed E-state index contributed by atoms with van der Waals surface area (Å²) in [4.78, 5) is 14.8. The Labute approximate surface area is 114 Å². The standard InChI is InChI=1S/C14H12F2N2O2/c1-8(9-3-2-4-10(15)5-9)18-13-12(14(19)20)6-11(16)7-17-13/h2-8H,1H3,(H,17,18)(H,19,20). The van der Waals surface area contributed by atoms with Crippen molar-refractivity contribution in [2.45, 2.75) is 13.0 Å². The van der Waals surface area contributed by atoms with E-state index in [9.17, 15) is 13.6 Å². The van der Waals surface area contributed by atoms with Gasteiger partial charge in [-0.15, -0.1) is 0 Å². The molecule has 1 heterocycles. The van der Waals surface area contributed by atoms with Gasteiger partial charge < -0.3 is 10.4 Å². The molecule has 1 aromatic heterocycles. The normalized spacial score (nSPS) is 11.9. The van der Waals surface area contributed by atoms with E-state index in [1.807, 2.05) is 0 Å². The Bertz CT molecular complexity index is 647. The number of aromatic carboxylic acids is 1. The molecule has 0 radical (unpaired) electrons. The minimum atomic E-state index is -1.29. The van der Waals surface area contributed by atoms with Crippen LogP contribution in [0.3, 0.4) is 0 Å². The third kappa shape index (κ3) is 3.09. The van der Waals surface area contributed by atoms with E-state index in [4.69, 9.17) is 5.11 Å². The SMILES string of the molecule is CC(Nc1ncc(F)cc1C(=O)O)c1cccc(F)c1. The first-order chi connectivity index (χ1) is 9.47. The van der Waals surface area contributed by atoms with E-state index in [2.05, 4.69) is 10.3 Å². The molecule has 4 nitrogen and oxygen atoms in total. The predicted octanol–water partition coefficient (Wildman–Crippen LogP) is 3.23. The number of aromatic nitrogens is 1. The number of nitrogens with zero attached hydrogens (tertiary/aromatic N) is 1. The molecule has 0 saturated carbocycles. The minimum Gasteiger partial charge on any atom is -0.478 e. The van der Waals surface area contributed by atoms with Crippen LogP contribution in [0.5, 0.6) is 0 Å². The van der Waals surface area contributed by atoms with Gasteiger partial charge in [-0.05, 0) is 30.7 Å². The fraction of sp³-hybridized carbons (Fsp3) is 0.143. The second-order valence-corrected chi connectivity index (χ2v) is 4.28. The van der Waals surface area contributed by atoms with E-state index >= 15 is 0 Å². The highest BCUT2D eigenvalue weighted by Crippen LogP contribution is 2.21. The number of hydrogen-bond acceptors (Lipinski definition) is 3. The lowest BCUT2D eigenvalue weighted by atomic mass is 10.1. The van der Waals surface area contributed by atoms with Gasteiger partial charge in [0.15, 0.2) is 0 Å². The molecule has 0 fully saturated rings. The molecule has 1 unspecified atom stereocenters. The second kappa shape index (κ2) is 5.64. The molecule has 104 valence electrons. The molecule has 2 rings (SSSR count). The molecule has 6 heteroatoms. The third-order valence-electron chi connectivity index (χ3n) is 2.79. The summed E-state index contributed by atoms with van der Waals surface area (Å²) in [5.41, 5.74) is 0.362. The molecule has 0 aliphatic heterocycles. The first-order valence-electron chi connectivity index (χ1n) is 5.88. The predicted molar refractivity (Wildman–Crippen MR) is 69.6 cm³/mol. The van der Waals surface area contributed by atoms with E-state index in [1.54, 1.807) is 19.1 Å². The number of benzene rings is 1. The van der Waals surface area contributed by atoms with Crippen LogP contribution in [0.25, 0.3) is 0 Å². The van der Waals surface area contributed by atoms with Crippen molar-refractivity contribution in [2.24, 2.45) is 0 Å². The molecule has 1 aromatic carbocycles. The lowest BCUT2D eigenvalue weighted by molar-refractivity contribution is 0.0697. The number of carboxylic acid groups (broad SMARTS) is 1. The van der Waals surface area contributed by atoms with E-state index in [0.717, 1.165) is 12.3 Å². The Kier molecular flexibility index (Phi) is 3.93. The highest BCUT2D eigenvalue weighted by atomic mass is 19.1. The van der Waals surface area contributed by atoms with Crippen LogP contribution >= 0.6 is 0 Å². The maximum Gasteiger partial charge on any atom is 0.339 e. The summed E-state index contributed by atoms with van der Waals surface area (Å²) in [6.45, 7) is 1.73. The molecule has 0 aliphatic rings. The van der Waals surface area contributed by atoms with Gasteiger partial charge in [0.05, 0.1) is 12.2 Å². The summed E-state index contributed by atoms with van der Waals surface area (Å²) in [6, 6.07) is 6.41. The van der Waals surface area contributed by atoms with Crippen LogP contribution in [0.15, 0.2) is 36.5 Å². The van der Waals surface area contributed by atoms with Gasteiger partial charge >= 0.3 is 5.97 Å². The average molecular weight is 278 g/mol. The summed E-state index contributed by atoms with van der Waals surface area (Å²) in [5.74, 6) is -2.37. The number of nitrogens with one attached hydrogen (secondary N) is 1. The summed E-state index contributed by atoms with van der Waals surface area (Å²) < 4.78 is 26.2. The van der Waals surface area contributed by atoms with E-state index < -0.39 is 11.8 Å². The lowest BCUT2D eigenvalue weighted by Gasteiger charge is -2.16. The zero-order chi connectivity index (χ0) is 14.7. The van der Waals surface area contributed by atoms with Crippen molar-refractivity contribution in [3.05, 3.63) is 59.3 Å². The van der Waals surface area contributed by atoms with E-state index in [1.165, 1.54) is 12.1 Å². The van der Waals surface area contributed by atoms with E-state index in [-0.39, 0.29) is 23.2 Å². The van der Waals surface area contributed by atoms with Crippen LogP contribution in [-0.4, -0.2) is 16.1 Å². The second-order valence-electron chi connectivity index (χ2n) is 4.28. The number of carbonyl (C=O) groups is 1. The number of halogens is 2. The smallest absolute Gasteiger partial charge is 0.339 e. The van der Waals surface area contributed by atoms with Crippen molar-refractivity contribution in [2.75, 3.05) is 5.32 Å². The topological polar surface area (TPSA) is 62.2 Å². The van der Waals surface area contributed by atoms with Gasteiger partial charge in [-0.2, -0.15) is 0 Å². The number of pyridine rings is 1. The Morgan fingerprint density at radius 2 is 2.05 bits per heavy atom. The van der Waals surface area contributed by atoms with Crippen molar-refractivity contribution in [1.82, 2.24) is 4.98 Å². The minimum absolute atomic E-state index is 0.0376. The molecule has 1 atom stereocenters. The van der Waals surface area contributed by atoms with Gasteiger partial charge in [0, 0.05) is 0 Å². The van der Waals surface area contributed by atoms with Crippen molar-refractivity contribution in [1.29, 1.82) is 0 Å². The molecule has 2 aromatic rings. The monoisotopic (exact) mass is 278 g/mol.